The van der Waals surface area contributed by atoms with E-state index in [2.05, 4.69) is 20.4 Å². The van der Waals surface area contributed by atoms with E-state index in [4.69, 9.17) is 33.8 Å². The monoisotopic (exact) mass is 314 g/mol. The van der Waals surface area contributed by atoms with Crippen LogP contribution in [0.25, 0.3) is 0 Å². The van der Waals surface area contributed by atoms with Crippen LogP contribution >= 0.6 is 23.2 Å². The Labute approximate surface area is 125 Å². The highest BCUT2D eigenvalue weighted by molar-refractivity contribution is 6.42. The third-order valence-electron chi connectivity index (χ3n) is 2.25. The lowest BCUT2D eigenvalue weighted by Gasteiger charge is -2.13. The summed E-state index contributed by atoms with van der Waals surface area (Å²) < 4.78 is 5.52. The molecule has 1 heterocycles. The summed E-state index contributed by atoms with van der Waals surface area (Å²) in [6.07, 6.45) is 0. The molecular weight excluding hydrogens is 303 g/mol. The lowest BCUT2D eigenvalue weighted by atomic mass is 10.3. The quantitative estimate of drug-likeness (QED) is 0.661. The van der Waals surface area contributed by atoms with E-state index in [-0.39, 0.29) is 17.0 Å². The van der Waals surface area contributed by atoms with Gasteiger partial charge in [0, 0.05) is 14.1 Å². The van der Waals surface area contributed by atoms with Gasteiger partial charge in [-0.1, -0.05) is 29.3 Å². The predicted molar refractivity (Wildman–Crippen MR) is 78.5 cm³/mol. The summed E-state index contributed by atoms with van der Waals surface area (Å²) in [4.78, 5) is 13.9. The molecule has 0 atom stereocenters. The Morgan fingerprint density at radius 3 is 2.60 bits per heavy atom. The SMILES string of the molecule is CN(C)c1nc(NN)nc(Oc2cccc(Cl)c2Cl)n1. The first kappa shape index (κ1) is 14.6. The number of benzene rings is 1. The summed E-state index contributed by atoms with van der Waals surface area (Å²) in [5.41, 5.74) is 2.35. The molecule has 106 valence electrons. The van der Waals surface area contributed by atoms with E-state index < -0.39 is 0 Å². The van der Waals surface area contributed by atoms with E-state index in [0.29, 0.717) is 16.7 Å². The lowest BCUT2D eigenvalue weighted by Crippen LogP contribution is -2.17. The maximum absolute atomic E-state index is 6.04. The minimum Gasteiger partial charge on any atom is -0.422 e. The van der Waals surface area contributed by atoms with Gasteiger partial charge >= 0.3 is 6.01 Å². The van der Waals surface area contributed by atoms with Crippen molar-refractivity contribution >= 4 is 35.1 Å². The van der Waals surface area contributed by atoms with Gasteiger partial charge < -0.3 is 9.64 Å². The third kappa shape index (κ3) is 3.19. The molecule has 0 aliphatic rings. The zero-order valence-electron chi connectivity index (χ0n) is 10.8. The Hall–Kier alpha value is -1.83. The number of nitrogens with one attached hydrogen (secondary N) is 1. The number of anilines is 2. The molecule has 2 aromatic rings. The normalized spacial score (nSPS) is 10.2. The van der Waals surface area contributed by atoms with Crippen LogP contribution in [0, 0.1) is 0 Å². The molecule has 0 saturated carbocycles. The minimum atomic E-state index is 0.0563. The molecule has 2 rings (SSSR count). The van der Waals surface area contributed by atoms with Gasteiger partial charge in [-0.05, 0) is 12.1 Å². The van der Waals surface area contributed by atoms with E-state index in [1.165, 1.54) is 0 Å². The van der Waals surface area contributed by atoms with Crippen molar-refractivity contribution in [1.29, 1.82) is 0 Å². The molecule has 3 N–H and O–H groups in total. The number of rotatable bonds is 4. The summed E-state index contributed by atoms with van der Waals surface area (Å²) in [6.45, 7) is 0. The Bertz CT molecular complexity index is 622. The maximum Gasteiger partial charge on any atom is 0.328 e. The van der Waals surface area contributed by atoms with Crippen molar-refractivity contribution in [3.63, 3.8) is 0 Å². The number of hydrazine groups is 1. The van der Waals surface area contributed by atoms with Crippen LogP contribution in [0.5, 0.6) is 11.8 Å². The number of hydrogen-bond donors (Lipinski definition) is 2. The van der Waals surface area contributed by atoms with Crippen LogP contribution in [0.1, 0.15) is 0 Å². The molecule has 0 radical (unpaired) electrons. The van der Waals surface area contributed by atoms with Crippen LogP contribution in [-0.4, -0.2) is 29.0 Å². The van der Waals surface area contributed by atoms with Crippen molar-refractivity contribution in [1.82, 2.24) is 15.0 Å². The van der Waals surface area contributed by atoms with Crippen molar-refractivity contribution in [2.75, 3.05) is 24.4 Å². The van der Waals surface area contributed by atoms with Crippen LogP contribution in [0.3, 0.4) is 0 Å². The van der Waals surface area contributed by atoms with Gasteiger partial charge in [-0.3, -0.25) is 5.43 Å². The molecule has 1 aromatic carbocycles. The van der Waals surface area contributed by atoms with Crippen molar-refractivity contribution in [3.8, 4) is 11.8 Å². The Kier molecular flexibility index (Phi) is 4.43. The van der Waals surface area contributed by atoms with Gasteiger partial charge in [-0.25, -0.2) is 5.84 Å². The number of nitrogens with zero attached hydrogens (tertiary/aromatic N) is 4. The largest absolute Gasteiger partial charge is 0.422 e. The fraction of sp³-hybridized carbons (Fsp3) is 0.182. The Morgan fingerprint density at radius 2 is 1.95 bits per heavy atom. The molecule has 0 unspecified atom stereocenters. The Morgan fingerprint density at radius 1 is 1.20 bits per heavy atom. The van der Waals surface area contributed by atoms with E-state index in [0.717, 1.165) is 0 Å². The molecule has 0 amide bonds. The van der Waals surface area contributed by atoms with Gasteiger partial charge in [0.1, 0.15) is 5.02 Å². The highest BCUT2D eigenvalue weighted by Gasteiger charge is 2.12. The third-order valence-corrected chi connectivity index (χ3v) is 3.05. The lowest BCUT2D eigenvalue weighted by molar-refractivity contribution is 0.441. The van der Waals surface area contributed by atoms with Gasteiger partial charge in [-0.2, -0.15) is 15.0 Å². The smallest absolute Gasteiger partial charge is 0.328 e. The molecule has 7 nitrogen and oxygen atoms in total. The molecule has 20 heavy (non-hydrogen) atoms. The minimum absolute atomic E-state index is 0.0563. The van der Waals surface area contributed by atoms with Crippen molar-refractivity contribution < 1.29 is 4.74 Å². The van der Waals surface area contributed by atoms with E-state index in [9.17, 15) is 0 Å². The first-order valence-corrected chi connectivity index (χ1v) is 6.28. The van der Waals surface area contributed by atoms with E-state index in [1.807, 2.05) is 0 Å². The average molecular weight is 315 g/mol. The zero-order chi connectivity index (χ0) is 14.7. The van der Waals surface area contributed by atoms with Gasteiger partial charge in [0.25, 0.3) is 0 Å². The van der Waals surface area contributed by atoms with Crippen LogP contribution in [-0.2, 0) is 0 Å². The summed E-state index contributed by atoms with van der Waals surface area (Å²) >= 11 is 12.0. The van der Waals surface area contributed by atoms with Gasteiger partial charge in [0.05, 0.1) is 5.02 Å². The Balaban J connectivity index is 2.37. The van der Waals surface area contributed by atoms with E-state index >= 15 is 0 Å². The molecule has 0 bridgehead atoms. The molecule has 0 fully saturated rings. The molecule has 0 saturated heterocycles. The van der Waals surface area contributed by atoms with Gasteiger partial charge in [0.15, 0.2) is 5.75 Å². The van der Waals surface area contributed by atoms with Crippen LogP contribution in [0.15, 0.2) is 18.2 Å². The summed E-state index contributed by atoms with van der Waals surface area (Å²) in [7, 11) is 3.57. The summed E-state index contributed by atoms with van der Waals surface area (Å²) in [6, 6.07) is 5.08. The first-order chi connectivity index (χ1) is 9.51. The zero-order valence-corrected chi connectivity index (χ0v) is 12.3. The number of nitrogens with two attached hydrogens (primary N) is 1. The molecule has 0 aliphatic carbocycles. The number of nitrogen functional groups attached to an aromatic ring is 1. The molecular formula is C11H12Cl2N6O. The van der Waals surface area contributed by atoms with Crippen LogP contribution < -0.4 is 20.9 Å². The summed E-state index contributed by atoms with van der Waals surface area (Å²) in [5, 5.41) is 0.659. The number of aromatic nitrogens is 3. The number of ether oxygens (including phenoxy) is 1. The molecule has 0 spiro atoms. The van der Waals surface area contributed by atoms with Crippen molar-refractivity contribution in [3.05, 3.63) is 28.2 Å². The van der Waals surface area contributed by atoms with Crippen molar-refractivity contribution in [2.45, 2.75) is 0 Å². The van der Waals surface area contributed by atoms with Gasteiger partial charge in [-0.15, -0.1) is 0 Å². The van der Waals surface area contributed by atoms with Crippen LogP contribution in [0.2, 0.25) is 10.0 Å². The fourth-order valence-electron chi connectivity index (χ4n) is 1.32. The van der Waals surface area contributed by atoms with E-state index in [1.54, 1.807) is 37.2 Å². The summed E-state index contributed by atoms with van der Waals surface area (Å²) in [5.74, 6) is 6.22. The second-order valence-electron chi connectivity index (χ2n) is 3.93. The van der Waals surface area contributed by atoms with Crippen LogP contribution in [0.4, 0.5) is 11.9 Å². The fourth-order valence-corrected chi connectivity index (χ4v) is 1.65. The second-order valence-corrected chi connectivity index (χ2v) is 4.72. The van der Waals surface area contributed by atoms with Gasteiger partial charge in [0.2, 0.25) is 11.9 Å². The second kappa shape index (κ2) is 6.08. The molecule has 0 aliphatic heterocycles. The molecule has 9 heteroatoms. The number of halogens is 2. The maximum atomic E-state index is 6.04. The topological polar surface area (TPSA) is 89.2 Å². The predicted octanol–water partition coefficient (Wildman–Crippen LogP) is 2.32. The molecule has 1 aromatic heterocycles. The highest BCUT2D eigenvalue weighted by Crippen LogP contribution is 2.33. The highest BCUT2D eigenvalue weighted by atomic mass is 35.5. The average Bonchev–Trinajstić information content (AvgIpc) is 2.43. The first-order valence-electron chi connectivity index (χ1n) is 5.53. The standard InChI is InChI=1S/C11H12Cl2N6O/c1-19(2)10-15-9(18-14)16-11(17-10)20-7-5-3-4-6(12)8(7)13/h3-5H,14H2,1-2H3,(H,15,16,17,18). The van der Waals surface area contributed by atoms with Crippen molar-refractivity contribution in [2.24, 2.45) is 5.84 Å². The number of hydrogen-bond acceptors (Lipinski definition) is 7.